The summed E-state index contributed by atoms with van der Waals surface area (Å²) < 4.78 is 10.5. The van der Waals surface area contributed by atoms with Crippen molar-refractivity contribution in [3.63, 3.8) is 0 Å². The van der Waals surface area contributed by atoms with Crippen molar-refractivity contribution >= 4 is 5.91 Å². The van der Waals surface area contributed by atoms with Gasteiger partial charge in [0.05, 0.1) is 19.6 Å². The molecule has 1 atom stereocenters. The summed E-state index contributed by atoms with van der Waals surface area (Å²) in [5.74, 6) is 1.08. The van der Waals surface area contributed by atoms with Crippen molar-refractivity contribution < 1.29 is 14.3 Å². The van der Waals surface area contributed by atoms with Crippen LogP contribution in [-0.4, -0.2) is 51.3 Å². The molecule has 5 heteroatoms. The van der Waals surface area contributed by atoms with Crippen LogP contribution in [0.3, 0.4) is 0 Å². The van der Waals surface area contributed by atoms with Gasteiger partial charge in [-0.3, -0.25) is 9.69 Å². The van der Waals surface area contributed by atoms with E-state index in [9.17, 15) is 4.79 Å². The number of hydrogen-bond donors (Lipinski definition) is 1. The molecule has 1 N–H and O–H groups in total. The summed E-state index contributed by atoms with van der Waals surface area (Å²) in [6.45, 7) is 3.81. The number of rotatable bonds is 8. The van der Waals surface area contributed by atoms with Crippen LogP contribution in [-0.2, 0) is 16.1 Å². The van der Waals surface area contributed by atoms with E-state index < -0.39 is 0 Å². The van der Waals surface area contributed by atoms with Crippen molar-refractivity contribution in [2.24, 2.45) is 5.92 Å². The van der Waals surface area contributed by atoms with Gasteiger partial charge in [-0.15, -0.1) is 0 Å². The molecule has 2 aromatic rings. The molecule has 3 rings (SSSR count). The van der Waals surface area contributed by atoms with Crippen LogP contribution in [0.1, 0.15) is 18.4 Å². The van der Waals surface area contributed by atoms with Crippen LogP contribution in [0.25, 0.3) is 11.1 Å². The largest absolute Gasteiger partial charge is 0.496 e. The number of likely N-dealkylation sites (tertiary alicyclic amines) is 1. The molecule has 1 heterocycles. The third-order valence-corrected chi connectivity index (χ3v) is 5.23. The van der Waals surface area contributed by atoms with Crippen molar-refractivity contribution in [1.82, 2.24) is 10.2 Å². The molecule has 0 bridgehead atoms. The second-order valence-corrected chi connectivity index (χ2v) is 7.26. The van der Waals surface area contributed by atoms with Crippen molar-refractivity contribution in [1.29, 1.82) is 0 Å². The van der Waals surface area contributed by atoms with Gasteiger partial charge in [0.1, 0.15) is 5.75 Å². The highest BCUT2D eigenvalue weighted by Gasteiger charge is 2.25. The number of ether oxygens (including phenoxy) is 2. The van der Waals surface area contributed by atoms with Crippen LogP contribution in [0.2, 0.25) is 0 Å². The minimum Gasteiger partial charge on any atom is -0.496 e. The molecule has 1 aliphatic rings. The number of piperidine rings is 1. The molecule has 0 spiro atoms. The van der Waals surface area contributed by atoms with Gasteiger partial charge in [0.15, 0.2) is 0 Å². The van der Waals surface area contributed by atoms with E-state index in [0.717, 1.165) is 49.4 Å². The van der Waals surface area contributed by atoms with E-state index in [1.165, 1.54) is 5.56 Å². The highest BCUT2D eigenvalue weighted by molar-refractivity contribution is 5.79. The third kappa shape index (κ3) is 5.33. The average molecular weight is 383 g/mol. The summed E-state index contributed by atoms with van der Waals surface area (Å²) in [6, 6.07) is 16.7. The summed E-state index contributed by atoms with van der Waals surface area (Å²) in [5, 5.41) is 2.98. The first-order valence-corrected chi connectivity index (χ1v) is 9.92. The summed E-state index contributed by atoms with van der Waals surface area (Å²) in [5.41, 5.74) is 3.51. The lowest BCUT2D eigenvalue weighted by molar-refractivity contribution is -0.127. The first-order valence-electron chi connectivity index (χ1n) is 9.92. The molecule has 0 radical (unpaired) electrons. The number of methoxy groups -OCH3 is 2. The monoisotopic (exact) mass is 382 g/mol. The molecule has 1 fully saturated rings. The smallest absolute Gasteiger partial charge is 0.224 e. The molecule has 0 saturated carbocycles. The predicted molar refractivity (Wildman–Crippen MR) is 111 cm³/mol. The molecular formula is C23H30N2O3. The maximum Gasteiger partial charge on any atom is 0.224 e. The second kappa shape index (κ2) is 10.2. The SMILES string of the molecule is COCCNC(=O)C1CCCN(Cc2cccc(-c3ccccc3OC)c2)C1. The Kier molecular flexibility index (Phi) is 7.46. The van der Waals surface area contributed by atoms with Gasteiger partial charge in [-0.25, -0.2) is 0 Å². The summed E-state index contributed by atoms with van der Waals surface area (Å²) in [7, 11) is 3.35. The first-order chi connectivity index (χ1) is 13.7. The third-order valence-electron chi connectivity index (χ3n) is 5.23. The summed E-state index contributed by atoms with van der Waals surface area (Å²) in [4.78, 5) is 14.8. The van der Waals surface area contributed by atoms with E-state index in [-0.39, 0.29) is 11.8 Å². The van der Waals surface area contributed by atoms with Gasteiger partial charge in [-0.1, -0.05) is 36.4 Å². The molecule has 0 aromatic heterocycles. The van der Waals surface area contributed by atoms with Gasteiger partial charge in [0.25, 0.3) is 0 Å². The molecule has 5 nitrogen and oxygen atoms in total. The van der Waals surface area contributed by atoms with Crippen LogP contribution in [0.15, 0.2) is 48.5 Å². The zero-order valence-electron chi connectivity index (χ0n) is 16.8. The van der Waals surface area contributed by atoms with E-state index in [0.29, 0.717) is 13.2 Å². The fourth-order valence-electron chi connectivity index (χ4n) is 3.81. The van der Waals surface area contributed by atoms with Crippen LogP contribution in [0.5, 0.6) is 5.75 Å². The van der Waals surface area contributed by atoms with E-state index in [1.807, 2.05) is 18.2 Å². The Morgan fingerprint density at radius 3 is 2.86 bits per heavy atom. The molecule has 150 valence electrons. The van der Waals surface area contributed by atoms with Crippen molar-refractivity contribution in [3.8, 4) is 16.9 Å². The van der Waals surface area contributed by atoms with Crippen LogP contribution in [0, 0.1) is 5.92 Å². The zero-order chi connectivity index (χ0) is 19.8. The Morgan fingerprint density at radius 1 is 1.18 bits per heavy atom. The minimum atomic E-state index is 0.0583. The Morgan fingerprint density at radius 2 is 2.04 bits per heavy atom. The molecule has 1 unspecified atom stereocenters. The van der Waals surface area contributed by atoms with Gasteiger partial charge in [0.2, 0.25) is 5.91 Å². The Balaban J connectivity index is 1.64. The number of para-hydroxylation sites is 1. The highest BCUT2D eigenvalue weighted by atomic mass is 16.5. The quantitative estimate of drug-likeness (QED) is 0.712. The molecule has 28 heavy (non-hydrogen) atoms. The lowest BCUT2D eigenvalue weighted by atomic mass is 9.96. The standard InChI is InChI=1S/C23H30N2O3/c1-27-14-12-24-23(26)20-9-6-13-25(17-20)16-18-7-5-8-19(15-18)21-10-3-4-11-22(21)28-2/h3-5,7-8,10-11,15,20H,6,9,12-14,16-17H2,1-2H3,(H,24,26). The van der Waals surface area contributed by atoms with Crippen molar-refractivity contribution in [3.05, 3.63) is 54.1 Å². The maximum atomic E-state index is 12.4. The minimum absolute atomic E-state index is 0.0583. The average Bonchev–Trinajstić information content (AvgIpc) is 2.74. The van der Waals surface area contributed by atoms with Crippen molar-refractivity contribution in [2.75, 3.05) is 40.5 Å². The molecular weight excluding hydrogens is 352 g/mol. The molecule has 1 saturated heterocycles. The van der Waals surface area contributed by atoms with E-state index >= 15 is 0 Å². The van der Waals surface area contributed by atoms with Crippen molar-refractivity contribution in [2.45, 2.75) is 19.4 Å². The Hall–Kier alpha value is -2.37. The summed E-state index contributed by atoms with van der Waals surface area (Å²) in [6.07, 6.45) is 2.01. The van der Waals surface area contributed by atoms with Gasteiger partial charge < -0.3 is 14.8 Å². The number of nitrogens with one attached hydrogen (secondary N) is 1. The second-order valence-electron chi connectivity index (χ2n) is 7.26. The van der Waals surface area contributed by atoms with E-state index in [1.54, 1.807) is 14.2 Å². The predicted octanol–water partition coefficient (Wildman–Crippen LogP) is 3.34. The zero-order valence-corrected chi connectivity index (χ0v) is 16.8. The number of nitrogens with zero attached hydrogens (tertiary/aromatic N) is 1. The van der Waals surface area contributed by atoms with Crippen LogP contribution < -0.4 is 10.1 Å². The van der Waals surface area contributed by atoms with Gasteiger partial charge in [0, 0.05) is 32.3 Å². The summed E-state index contributed by atoms with van der Waals surface area (Å²) >= 11 is 0. The van der Waals surface area contributed by atoms with Crippen LogP contribution >= 0.6 is 0 Å². The topological polar surface area (TPSA) is 50.8 Å². The maximum absolute atomic E-state index is 12.4. The molecule has 0 aliphatic carbocycles. The number of carbonyl (C=O) groups excluding carboxylic acids is 1. The first kappa shape index (κ1) is 20.4. The van der Waals surface area contributed by atoms with E-state index in [2.05, 4.69) is 40.5 Å². The molecule has 2 aromatic carbocycles. The normalized spacial score (nSPS) is 17.3. The lowest BCUT2D eigenvalue weighted by Crippen LogP contribution is -2.43. The number of carbonyl (C=O) groups is 1. The number of amides is 1. The number of benzene rings is 2. The Labute approximate surface area is 167 Å². The van der Waals surface area contributed by atoms with Gasteiger partial charge >= 0.3 is 0 Å². The molecule has 1 aliphatic heterocycles. The lowest BCUT2D eigenvalue weighted by Gasteiger charge is -2.32. The van der Waals surface area contributed by atoms with Gasteiger partial charge in [-0.2, -0.15) is 0 Å². The molecule has 1 amide bonds. The fraction of sp³-hybridized carbons (Fsp3) is 0.435. The highest BCUT2D eigenvalue weighted by Crippen LogP contribution is 2.30. The van der Waals surface area contributed by atoms with Crippen LogP contribution in [0.4, 0.5) is 0 Å². The van der Waals surface area contributed by atoms with Gasteiger partial charge in [-0.05, 0) is 42.6 Å². The Bertz CT molecular complexity index is 778. The number of hydrogen-bond acceptors (Lipinski definition) is 4. The van der Waals surface area contributed by atoms with E-state index in [4.69, 9.17) is 9.47 Å². The fourth-order valence-corrected chi connectivity index (χ4v) is 3.81.